The van der Waals surface area contributed by atoms with Gasteiger partial charge in [0.05, 0.1) is 8.59 Å². The summed E-state index contributed by atoms with van der Waals surface area (Å²) >= 11 is 8.50. The minimum atomic E-state index is 0.0711. The summed E-state index contributed by atoms with van der Waals surface area (Å²) in [5, 5.41) is 8.52. The van der Waals surface area contributed by atoms with Crippen LogP contribution < -0.4 is 5.32 Å². The molecule has 18 heavy (non-hydrogen) atoms. The van der Waals surface area contributed by atoms with Crippen molar-refractivity contribution in [1.82, 2.24) is 9.78 Å². The summed E-state index contributed by atoms with van der Waals surface area (Å²) in [6.07, 6.45) is 1.81. The lowest BCUT2D eigenvalue weighted by molar-refractivity contribution is 0.788. The number of nitrogens with zero attached hydrogens (tertiary/aromatic N) is 3. The number of nitrogens with one attached hydrogen (secondary N) is 1. The van der Waals surface area contributed by atoms with Gasteiger partial charge in [0, 0.05) is 5.56 Å². The lowest BCUT2D eigenvalue weighted by atomic mass is 10.1. The first kappa shape index (κ1) is 12.0. The lowest BCUT2D eigenvalue weighted by Gasteiger charge is -2.15. The van der Waals surface area contributed by atoms with E-state index in [1.807, 2.05) is 31.2 Å². The predicted octanol–water partition coefficient (Wildman–Crippen LogP) is 3.46. The van der Waals surface area contributed by atoms with Gasteiger partial charge in [0.1, 0.15) is 24.0 Å². The molecule has 3 rings (SSSR count). The van der Waals surface area contributed by atoms with Crippen LogP contribution in [0.4, 0.5) is 5.82 Å². The zero-order valence-corrected chi connectivity index (χ0v) is 12.5. The molecule has 1 aromatic heterocycles. The fourth-order valence-corrected chi connectivity index (χ4v) is 2.88. The Bertz CT molecular complexity index is 635. The summed E-state index contributed by atoms with van der Waals surface area (Å²) in [5.74, 6) is 0.966. The van der Waals surface area contributed by atoms with E-state index in [-0.39, 0.29) is 6.17 Å². The molecule has 92 valence electrons. The van der Waals surface area contributed by atoms with Gasteiger partial charge in [-0.25, -0.2) is 9.67 Å². The Kier molecular flexibility index (Phi) is 3.03. The highest BCUT2D eigenvalue weighted by molar-refractivity contribution is 14.1. The number of hydrogen-bond acceptors (Lipinski definition) is 3. The van der Waals surface area contributed by atoms with E-state index in [4.69, 9.17) is 11.6 Å². The number of halogens is 2. The van der Waals surface area contributed by atoms with E-state index in [9.17, 15) is 0 Å². The summed E-state index contributed by atoms with van der Waals surface area (Å²) < 4.78 is 2.80. The molecule has 1 aliphatic rings. The number of anilines is 1. The van der Waals surface area contributed by atoms with Crippen molar-refractivity contribution in [3.8, 4) is 11.3 Å². The predicted molar refractivity (Wildman–Crippen MR) is 82.4 cm³/mol. The molecular formula is C12H10ClIN4. The topological polar surface area (TPSA) is 42.2 Å². The summed E-state index contributed by atoms with van der Waals surface area (Å²) in [6.45, 7) is 2.00. The van der Waals surface area contributed by atoms with Crippen LogP contribution in [0.2, 0.25) is 5.02 Å². The summed E-state index contributed by atoms with van der Waals surface area (Å²) in [6, 6.07) is 7.71. The number of hydrogen-bond donors (Lipinski definition) is 1. The largest absolute Gasteiger partial charge is 0.348 e. The molecule has 0 amide bonds. The molecule has 1 aliphatic heterocycles. The van der Waals surface area contributed by atoms with Crippen molar-refractivity contribution in [2.75, 3.05) is 5.32 Å². The smallest absolute Gasteiger partial charge is 0.146 e. The van der Waals surface area contributed by atoms with Crippen LogP contribution in [0.1, 0.15) is 6.92 Å². The third kappa shape index (κ3) is 1.91. The number of rotatable bonds is 1. The summed E-state index contributed by atoms with van der Waals surface area (Å²) in [7, 11) is 0. The van der Waals surface area contributed by atoms with Crippen LogP contribution in [-0.2, 0) is 0 Å². The SMILES string of the molecule is CC1N=Cn2nc(-c3ccccc3Cl)c(I)c2N1. The highest BCUT2D eigenvalue weighted by Crippen LogP contribution is 2.34. The van der Waals surface area contributed by atoms with Crippen LogP contribution in [0, 0.1) is 3.57 Å². The second kappa shape index (κ2) is 4.55. The van der Waals surface area contributed by atoms with E-state index in [0.29, 0.717) is 5.02 Å². The zero-order valence-electron chi connectivity index (χ0n) is 9.56. The molecule has 4 nitrogen and oxygen atoms in total. The Labute approximate surface area is 123 Å². The third-order valence-corrected chi connectivity index (χ3v) is 4.08. The van der Waals surface area contributed by atoms with Gasteiger partial charge in [-0.05, 0) is 35.6 Å². The van der Waals surface area contributed by atoms with E-state index in [1.165, 1.54) is 0 Å². The summed E-state index contributed by atoms with van der Waals surface area (Å²) in [4.78, 5) is 4.27. The van der Waals surface area contributed by atoms with Crippen LogP contribution in [0.5, 0.6) is 0 Å². The van der Waals surface area contributed by atoms with Gasteiger partial charge in [0.25, 0.3) is 0 Å². The average Bonchev–Trinajstić information content (AvgIpc) is 2.68. The molecule has 6 heteroatoms. The molecule has 0 saturated carbocycles. The molecule has 2 heterocycles. The van der Waals surface area contributed by atoms with Crippen molar-refractivity contribution in [3.05, 3.63) is 32.9 Å². The van der Waals surface area contributed by atoms with Crippen LogP contribution >= 0.6 is 34.2 Å². The van der Waals surface area contributed by atoms with E-state index in [1.54, 1.807) is 11.0 Å². The molecule has 0 spiro atoms. The summed E-state index contributed by atoms with van der Waals surface area (Å²) in [5.41, 5.74) is 1.82. The fourth-order valence-electron chi connectivity index (χ4n) is 1.85. The average molecular weight is 373 g/mol. The molecule has 1 N–H and O–H groups in total. The van der Waals surface area contributed by atoms with Crippen molar-refractivity contribution in [1.29, 1.82) is 0 Å². The molecule has 2 aromatic rings. The van der Waals surface area contributed by atoms with Gasteiger partial charge in [-0.3, -0.25) is 0 Å². The molecule has 1 atom stereocenters. The Morgan fingerprint density at radius 3 is 2.94 bits per heavy atom. The van der Waals surface area contributed by atoms with Crippen molar-refractivity contribution < 1.29 is 0 Å². The maximum Gasteiger partial charge on any atom is 0.146 e. The van der Waals surface area contributed by atoms with Crippen molar-refractivity contribution in [2.24, 2.45) is 4.99 Å². The maximum absolute atomic E-state index is 6.22. The fraction of sp³-hybridized carbons (Fsp3) is 0.167. The lowest BCUT2D eigenvalue weighted by Crippen LogP contribution is -2.22. The van der Waals surface area contributed by atoms with Crippen LogP contribution in [0.3, 0.4) is 0 Å². The molecule has 0 bridgehead atoms. The van der Waals surface area contributed by atoms with E-state index in [2.05, 4.69) is 38.0 Å². The number of benzene rings is 1. The third-order valence-electron chi connectivity index (χ3n) is 2.73. The molecule has 0 saturated heterocycles. The molecule has 0 fully saturated rings. The Balaban J connectivity index is 2.16. The van der Waals surface area contributed by atoms with E-state index in [0.717, 1.165) is 20.6 Å². The number of aliphatic imine (C=N–C) groups is 1. The zero-order chi connectivity index (χ0) is 12.7. The second-order valence-electron chi connectivity index (χ2n) is 4.02. The van der Waals surface area contributed by atoms with Gasteiger partial charge in [-0.2, -0.15) is 5.10 Å². The monoisotopic (exact) mass is 372 g/mol. The standard InChI is InChI=1S/C12H10ClIN4/c1-7-15-6-18-12(16-7)10(14)11(17-18)8-4-2-3-5-9(8)13/h2-7,16H,1H3. The minimum Gasteiger partial charge on any atom is -0.348 e. The van der Waals surface area contributed by atoms with Crippen LogP contribution in [0.15, 0.2) is 29.3 Å². The first-order chi connectivity index (χ1) is 8.66. The Hall–Kier alpha value is -1.08. The van der Waals surface area contributed by atoms with Gasteiger partial charge in [0.2, 0.25) is 0 Å². The highest BCUT2D eigenvalue weighted by Gasteiger charge is 2.21. The Morgan fingerprint density at radius 1 is 1.39 bits per heavy atom. The van der Waals surface area contributed by atoms with Crippen LogP contribution in [-0.4, -0.2) is 22.3 Å². The molecular weight excluding hydrogens is 363 g/mol. The highest BCUT2D eigenvalue weighted by atomic mass is 127. The van der Waals surface area contributed by atoms with Crippen molar-refractivity contribution in [2.45, 2.75) is 13.1 Å². The Morgan fingerprint density at radius 2 is 2.17 bits per heavy atom. The molecule has 1 unspecified atom stereocenters. The van der Waals surface area contributed by atoms with E-state index >= 15 is 0 Å². The maximum atomic E-state index is 6.22. The first-order valence-corrected chi connectivity index (χ1v) is 6.95. The second-order valence-corrected chi connectivity index (χ2v) is 5.51. The normalized spacial score (nSPS) is 17.4. The van der Waals surface area contributed by atoms with Crippen molar-refractivity contribution >= 4 is 46.3 Å². The van der Waals surface area contributed by atoms with Gasteiger partial charge in [-0.1, -0.05) is 29.8 Å². The molecule has 0 radical (unpaired) electrons. The number of fused-ring (bicyclic) bond motifs is 1. The van der Waals surface area contributed by atoms with E-state index < -0.39 is 0 Å². The quantitative estimate of drug-likeness (QED) is 0.779. The molecule has 1 aromatic carbocycles. The number of aromatic nitrogens is 2. The molecule has 0 aliphatic carbocycles. The van der Waals surface area contributed by atoms with Gasteiger partial charge >= 0.3 is 0 Å². The van der Waals surface area contributed by atoms with Crippen molar-refractivity contribution in [3.63, 3.8) is 0 Å². The van der Waals surface area contributed by atoms with Gasteiger partial charge in [-0.15, -0.1) is 0 Å². The van der Waals surface area contributed by atoms with Crippen LogP contribution in [0.25, 0.3) is 11.3 Å². The first-order valence-electron chi connectivity index (χ1n) is 5.49. The van der Waals surface area contributed by atoms with Gasteiger partial charge < -0.3 is 5.32 Å². The minimum absolute atomic E-state index is 0.0711. The van der Waals surface area contributed by atoms with Gasteiger partial charge in [0.15, 0.2) is 0 Å².